The van der Waals surface area contributed by atoms with E-state index in [9.17, 15) is 13.2 Å². The lowest BCUT2D eigenvalue weighted by Crippen LogP contribution is -2.42. The van der Waals surface area contributed by atoms with E-state index >= 15 is 0 Å². The third kappa shape index (κ3) is 9.71. The van der Waals surface area contributed by atoms with Crippen LogP contribution in [0.15, 0.2) is 29.3 Å². The third-order valence-electron chi connectivity index (χ3n) is 3.32. The van der Waals surface area contributed by atoms with E-state index in [4.69, 9.17) is 0 Å². The second-order valence-electron chi connectivity index (χ2n) is 6.04. The highest BCUT2D eigenvalue weighted by Crippen LogP contribution is 2.11. The zero-order valence-corrected chi connectivity index (χ0v) is 16.1. The number of hydrogen-bond donors (Lipinski definition) is 3. The molecule has 0 aliphatic rings. The lowest BCUT2D eigenvalue weighted by atomic mass is 10.2. The number of nitrogens with zero attached hydrogens (tertiary/aromatic N) is 1. The molecule has 0 radical (unpaired) electrons. The molecule has 0 aromatic heterocycles. The minimum absolute atomic E-state index is 0.0155. The number of aliphatic imine (C=N–C) groups is 1. The average Bonchev–Trinajstić information content (AvgIpc) is 2.50. The maximum atomic E-state index is 11.3. The van der Waals surface area contributed by atoms with E-state index in [0.29, 0.717) is 25.5 Å². The van der Waals surface area contributed by atoms with Crippen LogP contribution in [-0.2, 0) is 21.2 Å². The van der Waals surface area contributed by atoms with Gasteiger partial charge in [-0.05, 0) is 38.0 Å². The van der Waals surface area contributed by atoms with Gasteiger partial charge in [0.2, 0.25) is 5.91 Å². The summed E-state index contributed by atoms with van der Waals surface area (Å²) in [6.07, 6.45) is 1.75. The molecule has 8 heteroatoms. The Labute approximate surface area is 150 Å². The van der Waals surface area contributed by atoms with E-state index < -0.39 is 9.84 Å². The fourth-order valence-corrected chi connectivity index (χ4v) is 2.92. The van der Waals surface area contributed by atoms with Crippen molar-refractivity contribution in [2.45, 2.75) is 39.8 Å². The summed E-state index contributed by atoms with van der Waals surface area (Å²) >= 11 is 0. The fraction of sp³-hybridized carbons (Fsp3) is 0.529. The van der Waals surface area contributed by atoms with Crippen LogP contribution in [0.25, 0.3) is 0 Å². The quantitative estimate of drug-likeness (QED) is 0.477. The number of carbonyl (C=O) groups is 1. The van der Waals surface area contributed by atoms with Gasteiger partial charge in [0.15, 0.2) is 5.96 Å². The van der Waals surface area contributed by atoms with Gasteiger partial charge in [-0.15, -0.1) is 0 Å². The van der Waals surface area contributed by atoms with Gasteiger partial charge in [0, 0.05) is 31.5 Å². The summed E-state index contributed by atoms with van der Waals surface area (Å²) in [7, 11) is -2.97. The summed E-state index contributed by atoms with van der Waals surface area (Å²) in [6, 6.07) is 7.49. The van der Waals surface area contributed by atoms with E-state index in [0.717, 1.165) is 11.3 Å². The first-order valence-electron chi connectivity index (χ1n) is 8.28. The highest BCUT2D eigenvalue weighted by molar-refractivity contribution is 7.90. The lowest BCUT2D eigenvalue weighted by molar-refractivity contribution is -0.114. The number of anilines is 1. The summed E-state index contributed by atoms with van der Waals surface area (Å²) in [6.45, 7) is 6.51. The van der Waals surface area contributed by atoms with Crippen LogP contribution in [0.5, 0.6) is 0 Å². The molecule has 0 bridgehead atoms. The number of rotatable bonds is 8. The SMILES string of the molecule is CCNC(=NCc1cccc(NC(C)=O)c1)NC(C)CCS(C)(=O)=O. The average molecular weight is 369 g/mol. The molecule has 0 aliphatic heterocycles. The molecular formula is C17H28N4O3S. The Kier molecular flexibility index (Phi) is 8.40. The molecule has 0 saturated heterocycles. The first kappa shape index (κ1) is 21.0. The third-order valence-corrected chi connectivity index (χ3v) is 4.29. The first-order chi connectivity index (χ1) is 11.7. The van der Waals surface area contributed by atoms with Crippen LogP contribution in [0.3, 0.4) is 0 Å². The standard InChI is InChI=1S/C17H28N4O3S/c1-5-18-17(20-13(2)9-10-25(4,23)24)19-12-15-7-6-8-16(11-15)21-14(3)22/h6-8,11,13H,5,9-10,12H2,1-4H3,(H,21,22)(H2,18,19,20). The van der Waals surface area contributed by atoms with Gasteiger partial charge in [0.1, 0.15) is 9.84 Å². The van der Waals surface area contributed by atoms with E-state index in [2.05, 4.69) is 20.9 Å². The van der Waals surface area contributed by atoms with Crippen molar-refractivity contribution < 1.29 is 13.2 Å². The number of nitrogens with one attached hydrogen (secondary N) is 3. The van der Waals surface area contributed by atoms with Crippen molar-refractivity contribution in [1.82, 2.24) is 10.6 Å². The van der Waals surface area contributed by atoms with Crippen LogP contribution in [0.1, 0.15) is 32.8 Å². The number of guanidine groups is 1. The van der Waals surface area contributed by atoms with Crippen molar-refractivity contribution in [3.05, 3.63) is 29.8 Å². The smallest absolute Gasteiger partial charge is 0.221 e. The number of benzene rings is 1. The Hall–Kier alpha value is -2.09. The van der Waals surface area contributed by atoms with Gasteiger partial charge in [-0.25, -0.2) is 13.4 Å². The van der Waals surface area contributed by atoms with E-state index in [1.807, 2.05) is 38.1 Å². The normalized spacial score (nSPS) is 13.2. The Morgan fingerprint density at radius 3 is 2.64 bits per heavy atom. The van der Waals surface area contributed by atoms with Crippen molar-refractivity contribution >= 4 is 27.4 Å². The summed E-state index contributed by atoms with van der Waals surface area (Å²) < 4.78 is 22.5. The number of amides is 1. The lowest BCUT2D eigenvalue weighted by Gasteiger charge is -2.17. The Balaban J connectivity index is 2.70. The summed E-state index contributed by atoms with van der Waals surface area (Å²) in [5.41, 5.74) is 1.70. The molecular weight excluding hydrogens is 340 g/mol. The molecule has 1 unspecified atom stereocenters. The fourth-order valence-electron chi connectivity index (χ4n) is 2.14. The zero-order valence-electron chi connectivity index (χ0n) is 15.3. The highest BCUT2D eigenvalue weighted by Gasteiger charge is 2.09. The number of sulfone groups is 1. The van der Waals surface area contributed by atoms with Crippen LogP contribution >= 0.6 is 0 Å². The topological polar surface area (TPSA) is 99.7 Å². The second-order valence-corrected chi connectivity index (χ2v) is 8.30. The Morgan fingerprint density at radius 2 is 2.04 bits per heavy atom. The summed E-state index contributed by atoms with van der Waals surface area (Å²) in [5, 5.41) is 9.11. The van der Waals surface area contributed by atoms with E-state index in [1.165, 1.54) is 13.2 Å². The molecule has 7 nitrogen and oxygen atoms in total. The van der Waals surface area contributed by atoms with Crippen molar-refractivity contribution in [3.8, 4) is 0 Å². The summed E-state index contributed by atoms with van der Waals surface area (Å²) in [4.78, 5) is 15.6. The largest absolute Gasteiger partial charge is 0.357 e. The number of carbonyl (C=O) groups excluding carboxylic acids is 1. The minimum atomic E-state index is -2.97. The van der Waals surface area contributed by atoms with Gasteiger partial charge in [-0.3, -0.25) is 4.79 Å². The molecule has 25 heavy (non-hydrogen) atoms. The molecule has 1 amide bonds. The molecule has 140 valence electrons. The van der Waals surface area contributed by atoms with Crippen LogP contribution < -0.4 is 16.0 Å². The molecule has 1 aromatic rings. The first-order valence-corrected chi connectivity index (χ1v) is 10.3. The van der Waals surface area contributed by atoms with Crippen molar-refractivity contribution in [1.29, 1.82) is 0 Å². The number of hydrogen-bond acceptors (Lipinski definition) is 4. The van der Waals surface area contributed by atoms with Gasteiger partial charge in [-0.1, -0.05) is 12.1 Å². The second kappa shape index (κ2) is 10.0. The van der Waals surface area contributed by atoms with Crippen LogP contribution in [0.2, 0.25) is 0 Å². The predicted octanol–water partition coefficient (Wildman–Crippen LogP) is 1.52. The van der Waals surface area contributed by atoms with Crippen LogP contribution in [0.4, 0.5) is 5.69 Å². The van der Waals surface area contributed by atoms with Crippen molar-refractivity contribution in [3.63, 3.8) is 0 Å². The molecule has 1 rings (SSSR count). The van der Waals surface area contributed by atoms with E-state index in [-0.39, 0.29) is 17.7 Å². The maximum Gasteiger partial charge on any atom is 0.221 e. The Morgan fingerprint density at radius 1 is 1.32 bits per heavy atom. The molecule has 0 fully saturated rings. The van der Waals surface area contributed by atoms with E-state index in [1.54, 1.807) is 0 Å². The van der Waals surface area contributed by atoms with Crippen molar-refractivity contribution in [2.24, 2.45) is 4.99 Å². The zero-order chi connectivity index (χ0) is 18.9. The maximum absolute atomic E-state index is 11.3. The van der Waals surface area contributed by atoms with Crippen LogP contribution in [0, 0.1) is 0 Å². The minimum Gasteiger partial charge on any atom is -0.357 e. The van der Waals surface area contributed by atoms with Gasteiger partial charge in [0.05, 0.1) is 12.3 Å². The van der Waals surface area contributed by atoms with Gasteiger partial charge >= 0.3 is 0 Å². The Bertz CT molecular complexity index is 702. The molecule has 3 N–H and O–H groups in total. The van der Waals surface area contributed by atoms with Crippen molar-refractivity contribution in [2.75, 3.05) is 23.9 Å². The molecule has 0 spiro atoms. The molecule has 0 aliphatic carbocycles. The molecule has 1 aromatic carbocycles. The summed E-state index contributed by atoms with van der Waals surface area (Å²) in [5.74, 6) is 0.656. The monoisotopic (exact) mass is 368 g/mol. The molecule has 0 heterocycles. The molecule has 1 atom stereocenters. The van der Waals surface area contributed by atoms with Gasteiger partial charge < -0.3 is 16.0 Å². The van der Waals surface area contributed by atoms with Crippen LogP contribution in [-0.4, -0.2) is 44.9 Å². The van der Waals surface area contributed by atoms with Gasteiger partial charge in [-0.2, -0.15) is 0 Å². The van der Waals surface area contributed by atoms with Gasteiger partial charge in [0.25, 0.3) is 0 Å². The highest BCUT2D eigenvalue weighted by atomic mass is 32.2. The predicted molar refractivity (Wildman–Crippen MR) is 102 cm³/mol. The molecule has 0 saturated carbocycles.